The Morgan fingerprint density at radius 3 is 1.53 bits per heavy atom. The number of furan rings is 1. The molecule has 0 amide bonds. The van der Waals surface area contributed by atoms with Gasteiger partial charge in [-0.15, -0.1) is 11.3 Å². The molecule has 0 atom stereocenters. The number of hydrogen-bond acceptors (Lipinski definition) is 5. The van der Waals surface area contributed by atoms with E-state index in [0.717, 1.165) is 111 Å². The third-order valence-corrected chi connectivity index (χ3v) is 35.0. The first-order chi connectivity index (χ1) is 51.1. The highest BCUT2D eigenvalue weighted by atomic mass is 32.1. The van der Waals surface area contributed by atoms with Gasteiger partial charge in [0.15, 0.2) is 13.7 Å². The SMILES string of the molecule is CC(C)[Si](c1ccc(C(F)(F)F)cc1)(c1cc2c3c(c1)N(c1cccc4c1oc1ccccc14)c1cc(N(c4ccc(C(C)(C)C)cc4)c4ccccc4-c4ccccc4)ccc1B3c1sc3ccc([Si](c4ccccc4)(c4ccccc4)c4ccccc4)cc3c1N2c1ccc(C(C)(C)C)cc1)C(C)C. The van der Waals surface area contributed by atoms with Gasteiger partial charge in [0.25, 0.3) is 6.71 Å². The first-order valence-electron chi connectivity index (χ1n) is 37.0. The van der Waals surface area contributed by atoms with Gasteiger partial charge in [0.1, 0.15) is 13.7 Å². The van der Waals surface area contributed by atoms with Crippen molar-refractivity contribution < 1.29 is 17.6 Å². The Morgan fingerprint density at radius 1 is 0.415 bits per heavy atom. The van der Waals surface area contributed by atoms with Crippen molar-refractivity contribution in [2.24, 2.45) is 0 Å². The van der Waals surface area contributed by atoms with E-state index in [0.29, 0.717) is 0 Å². The van der Waals surface area contributed by atoms with Crippen molar-refractivity contribution in [2.75, 3.05) is 14.7 Å². The van der Waals surface area contributed by atoms with Gasteiger partial charge in [-0.25, -0.2) is 0 Å². The number of benzene rings is 13. The summed E-state index contributed by atoms with van der Waals surface area (Å²) in [6, 6.07) is 112. The van der Waals surface area contributed by atoms with Crippen molar-refractivity contribution >= 4 is 164 Å². The minimum atomic E-state index is -4.52. The van der Waals surface area contributed by atoms with Gasteiger partial charge in [-0.2, -0.15) is 13.2 Å². The van der Waals surface area contributed by atoms with Crippen LogP contribution < -0.4 is 61.5 Å². The van der Waals surface area contributed by atoms with Crippen LogP contribution in [0, 0.1) is 0 Å². The molecule has 0 fully saturated rings. The van der Waals surface area contributed by atoms with Crippen LogP contribution in [0.15, 0.2) is 314 Å². The van der Waals surface area contributed by atoms with Gasteiger partial charge in [0.2, 0.25) is 0 Å². The lowest BCUT2D eigenvalue weighted by molar-refractivity contribution is -0.137. The molecular weight excluding hydrogens is 1360 g/mol. The third-order valence-electron chi connectivity index (χ3n) is 22.8. The molecule has 0 N–H and O–H groups in total. The predicted molar refractivity (Wildman–Crippen MR) is 451 cm³/mol. The van der Waals surface area contributed by atoms with E-state index in [4.69, 9.17) is 4.42 Å². The van der Waals surface area contributed by atoms with E-state index in [1.54, 1.807) is 0 Å². The van der Waals surface area contributed by atoms with Crippen molar-refractivity contribution in [3.05, 3.63) is 326 Å². The molecule has 17 rings (SSSR count). The van der Waals surface area contributed by atoms with Crippen molar-refractivity contribution in [3.8, 4) is 11.1 Å². The molecule has 13 aromatic carbocycles. The fraction of sp³-hybridized carbons (Fsp3) is 0.158. The summed E-state index contributed by atoms with van der Waals surface area (Å²) in [6.07, 6.45) is -4.52. The van der Waals surface area contributed by atoms with Gasteiger partial charge >= 0.3 is 6.18 Å². The normalized spacial score (nSPS) is 13.3. The Balaban J connectivity index is 1.03. The average molecular weight is 1440 g/mol. The molecule has 0 spiro atoms. The predicted octanol–water partition coefficient (Wildman–Crippen LogP) is 21.4. The minimum Gasteiger partial charge on any atom is -0.454 e. The second-order valence-electron chi connectivity index (χ2n) is 31.5. The summed E-state index contributed by atoms with van der Waals surface area (Å²) in [6.45, 7) is 22.5. The second-order valence-corrected chi connectivity index (χ2v) is 41.6. The van der Waals surface area contributed by atoms with Crippen LogP contribution in [0.4, 0.5) is 64.4 Å². The summed E-state index contributed by atoms with van der Waals surface area (Å²) in [7, 11) is -6.37. The number of rotatable bonds is 14. The number of alkyl halides is 3. The molecule has 15 aromatic rings. The molecule has 0 saturated carbocycles. The molecule has 2 aliphatic heterocycles. The molecule has 106 heavy (non-hydrogen) atoms. The van der Waals surface area contributed by atoms with Crippen LogP contribution in [0.5, 0.6) is 0 Å². The van der Waals surface area contributed by atoms with Crippen LogP contribution in [0.3, 0.4) is 0 Å². The van der Waals surface area contributed by atoms with Gasteiger partial charge in [-0.3, -0.25) is 0 Å². The molecule has 0 saturated heterocycles. The summed E-state index contributed by atoms with van der Waals surface area (Å²) in [4.78, 5) is 7.54. The molecule has 0 aliphatic carbocycles. The first-order valence-corrected chi connectivity index (χ1v) is 42.0. The van der Waals surface area contributed by atoms with Crippen LogP contribution in [-0.4, -0.2) is 22.9 Å². The number of hydrogen-bond donors (Lipinski definition) is 0. The Kier molecular flexibility index (Phi) is 16.9. The summed E-state index contributed by atoms with van der Waals surface area (Å²) in [5.74, 6) is 0. The Morgan fingerprint density at radius 2 is 0.934 bits per heavy atom. The summed E-state index contributed by atoms with van der Waals surface area (Å²) >= 11 is 1.89. The maximum Gasteiger partial charge on any atom is 0.416 e. The molecule has 0 bridgehead atoms. The number of anilines is 9. The lowest BCUT2D eigenvalue weighted by Crippen LogP contribution is -2.74. The van der Waals surface area contributed by atoms with Gasteiger partial charge in [0, 0.05) is 65.3 Å². The zero-order chi connectivity index (χ0) is 73.2. The number of nitrogens with zero attached hydrogens (tertiary/aromatic N) is 3. The standard InChI is InChI=1S/C95H83BF3N3OSSi2/c1-62(2)105(63(3)4,74-53-46-67(47-54-74)95(97,98)99)76-60-85-89-86(61-76)102(83-40-27-38-79-78-37-24-26-41-87(78)103-91(79)83)84-58-70(100(68-48-42-65(43-49-68)93(5,6)7)82-39-25-23-36-77(82)64-28-15-11-16-29-64)52-56-81(84)96(89)92-90(101(85)69-50-44-66(45-51-69)94(8,9)10)80-59-75(55-57-88(80)104-92)106(71-30-17-12-18-31-71,72-32-19-13-20-33-72)73-34-21-14-22-35-73/h11-63H,1-10H3. The van der Waals surface area contributed by atoms with Gasteiger partial charge in [-0.05, 0) is 148 Å². The maximum absolute atomic E-state index is 15.0. The molecule has 2 aromatic heterocycles. The van der Waals surface area contributed by atoms with Crippen molar-refractivity contribution in [3.63, 3.8) is 0 Å². The van der Waals surface area contributed by atoms with Gasteiger partial charge < -0.3 is 19.1 Å². The van der Waals surface area contributed by atoms with Crippen LogP contribution in [0.1, 0.15) is 85.9 Å². The Labute approximate surface area is 626 Å². The van der Waals surface area contributed by atoms with Crippen molar-refractivity contribution in [1.82, 2.24) is 0 Å². The van der Waals surface area contributed by atoms with E-state index in [2.05, 4.69) is 363 Å². The monoisotopic (exact) mass is 1440 g/mol. The fourth-order valence-corrected chi connectivity index (χ4v) is 29.7. The molecule has 0 unspecified atom stereocenters. The van der Waals surface area contributed by atoms with E-state index in [9.17, 15) is 13.2 Å². The molecular formula is C95H83BF3N3OSSi2. The molecule has 11 heteroatoms. The molecule has 4 nitrogen and oxygen atoms in total. The first kappa shape index (κ1) is 68.4. The van der Waals surface area contributed by atoms with Crippen LogP contribution >= 0.6 is 11.3 Å². The van der Waals surface area contributed by atoms with Crippen molar-refractivity contribution in [2.45, 2.75) is 97.3 Å². The maximum atomic E-state index is 15.0. The lowest BCUT2D eigenvalue weighted by Gasteiger charge is -2.46. The molecule has 0 radical (unpaired) electrons. The number of para-hydroxylation sites is 3. The topological polar surface area (TPSA) is 22.9 Å². The van der Waals surface area contributed by atoms with E-state index in [1.165, 1.54) is 53.5 Å². The number of fused-ring (bicyclic) bond motifs is 9. The smallest absolute Gasteiger partial charge is 0.416 e. The van der Waals surface area contributed by atoms with E-state index < -0.39 is 27.9 Å². The zero-order valence-electron chi connectivity index (χ0n) is 61.5. The molecule has 522 valence electrons. The fourth-order valence-electron chi connectivity index (χ4n) is 17.9. The van der Waals surface area contributed by atoms with E-state index in [1.807, 2.05) is 29.5 Å². The van der Waals surface area contributed by atoms with Gasteiger partial charge in [0.05, 0.1) is 22.6 Å². The summed E-state index contributed by atoms with van der Waals surface area (Å²) in [5.41, 5.74) is 16.7. The Hall–Kier alpha value is -10.7. The largest absolute Gasteiger partial charge is 0.454 e. The Bertz CT molecular complexity index is 5710. The highest BCUT2D eigenvalue weighted by Gasteiger charge is 2.51. The zero-order valence-corrected chi connectivity index (χ0v) is 64.3. The third kappa shape index (κ3) is 11.1. The van der Waals surface area contributed by atoms with Crippen LogP contribution in [0.2, 0.25) is 11.1 Å². The number of halogens is 3. The average Bonchev–Trinajstić information content (AvgIpc) is 1.28. The summed E-state index contributed by atoms with van der Waals surface area (Å²) in [5, 5.41) is 10.4. The second kappa shape index (κ2) is 26.1. The lowest BCUT2D eigenvalue weighted by atomic mass is 9.36. The van der Waals surface area contributed by atoms with Crippen LogP contribution in [0.25, 0.3) is 43.2 Å². The van der Waals surface area contributed by atoms with Gasteiger partial charge in [-0.1, -0.05) is 311 Å². The molecule has 2 aliphatic rings. The highest BCUT2D eigenvalue weighted by Crippen LogP contribution is 2.52. The highest BCUT2D eigenvalue weighted by molar-refractivity contribution is 7.34. The molecule has 4 heterocycles. The van der Waals surface area contributed by atoms with E-state index in [-0.39, 0.29) is 28.6 Å². The van der Waals surface area contributed by atoms with Crippen LogP contribution in [-0.2, 0) is 17.0 Å². The van der Waals surface area contributed by atoms with E-state index >= 15 is 0 Å². The summed E-state index contributed by atoms with van der Waals surface area (Å²) < 4.78 is 54.6. The minimum absolute atomic E-state index is 0.0122. The number of thiophene rings is 1. The quantitative estimate of drug-likeness (QED) is 0.0799. The van der Waals surface area contributed by atoms with Crippen molar-refractivity contribution in [1.29, 1.82) is 0 Å².